The molecule has 0 aliphatic carbocycles. The van der Waals surface area contributed by atoms with Gasteiger partial charge in [-0.05, 0) is 64.8 Å². The zero-order valence-corrected chi connectivity index (χ0v) is 10.7. The van der Waals surface area contributed by atoms with Gasteiger partial charge >= 0.3 is 0 Å². The van der Waals surface area contributed by atoms with Crippen LogP contribution in [0.25, 0.3) is 0 Å². The number of likely N-dealkylation sites (tertiary alicyclic amines) is 1. The van der Waals surface area contributed by atoms with Gasteiger partial charge in [0.25, 0.3) is 0 Å². The van der Waals surface area contributed by atoms with E-state index in [1.807, 2.05) is 0 Å². The SMILES string of the molecule is BrCCCCNCCCN1CCCC1. The molecule has 1 saturated heterocycles. The first-order valence-electron chi connectivity index (χ1n) is 5.92. The monoisotopic (exact) mass is 262 g/mol. The Labute approximate surface area is 96.6 Å². The Hall–Kier alpha value is 0.400. The van der Waals surface area contributed by atoms with Gasteiger partial charge in [0.2, 0.25) is 0 Å². The maximum atomic E-state index is 3.50. The van der Waals surface area contributed by atoms with Crippen molar-refractivity contribution >= 4 is 15.9 Å². The molecule has 0 saturated carbocycles. The van der Waals surface area contributed by atoms with Crippen molar-refractivity contribution in [2.75, 3.05) is 38.1 Å². The number of rotatable bonds is 8. The molecule has 1 aliphatic heterocycles. The molecule has 2 nitrogen and oxygen atoms in total. The van der Waals surface area contributed by atoms with Crippen LogP contribution in [0.4, 0.5) is 0 Å². The summed E-state index contributed by atoms with van der Waals surface area (Å²) in [6.07, 6.45) is 6.74. The van der Waals surface area contributed by atoms with E-state index in [1.54, 1.807) is 0 Å². The van der Waals surface area contributed by atoms with Gasteiger partial charge in [0, 0.05) is 5.33 Å². The molecule has 0 radical (unpaired) electrons. The summed E-state index contributed by atoms with van der Waals surface area (Å²) in [5.41, 5.74) is 0. The number of hydrogen-bond donors (Lipinski definition) is 1. The van der Waals surface area contributed by atoms with Crippen LogP contribution in [-0.4, -0.2) is 43.0 Å². The molecule has 0 atom stereocenters. The lowest BCUT2D eigenvalue weighted by atomic mass is 10.3. The Kier molecular flexibility index (Phi) is 7.74. The summed E-state index contributed by atoms with van der Waals surface area (Å²) in [5.74, 6) is 0. The van der Waals surface area contributed by atoms with E-state index in [4.69, 9.17) is 0 Å². The molecular weight excluding hydrogens is 240 g/mol. The van der Waals surface area contributed by atoms with Gasteiger partial charge in [-0.15, -0.1) is 0 Å². The first-order chi connectivity index (χ1) is 6.93. The van der Waals surface area contributed by atoms with Gasteiger partial charge in [-0.1, -0.05) is 15.9 Å². The van der Waals surface area contributed by atoms with Crippen molar-refractivity contribution in [1.29, 1.82) is 0 Å². The minimum Gasteiger partial charge on any atom is -0.317 e. The zero-order chi connectivity index (χ0) is 10.1. The van der Waals surface area contributed by atoms with Crippen molar-refractivity contribution in [2.24, 2.45) is 0 Å². The second-order valence-electron chi connectivity index (χ2n) is 4.05. The summed E-state index contributed by atoms with van der Waals surface area (Å²) < 4.78 is 0. The van der Waals surface area contributed by atoms with E-state index in [-0.39, 0.29) is 0 Å². The molecule has 0 aromatic heterocycles. The van der Waals surface area contributed by atoms with Gasteiger partial charge < -0.3 is 10.2 Å². The van der Waals surface area contributed by atoms with Crippen molar-refractivity contribution in [3.63, 3.8) is 0 Å². The maximum absolute atomic E-state index is 3.50. The van der Waals surface area contributed by atoms with E-state index >= 15 is 0 Å². The third-order valence-corrected chi connectivity index (χ3v) is 3.32. The minimum atomic E-state index is 1.14. The molecule has 0 bridgehead atoms. The van der Waals surface area contributed by atoms with Gasteiger partial charge in [-0.25, -0.2) is 0 Å². The molecule has 1 fully saturated rings. The van der Waals surface area contributed by atoms with Gasteiger partial charge in [0.05, 0.1) is 0 Å². The highest BCUT2D eigenvalue weighted by Gasteiger charge is 2.09. The Morgan fingerprint density at radius 3 is 2.43 bits per heavy atom. The number of nitrogens with one attached hydrogen (secondary N) is 1. The van der Waals surface area contributed by atoms with Crippen LogP contribution in [0.15, 0.2) is 0 Å². The molecule has 1 aliphatic rings. The Morgan fingerprint density at radius 2 is 1.71 bits per heavy atom. The van der Waals surface area contributed by atoms with Crippen molar-refractivity contribution in [3.05, 3.63) is 0 Å². The number of halogens is 1. The molecule has 0 spiro atoms. The third-order valence-electron chi connectivity index (χ3n) is 2.76. The fourth-order valence-corrected chi connectivity index (χ4v) is 2.30. The van der Waals surface area contributed by atoms with Crippen LogP contribution in [0.5, 0.6) is 0 Å². The molecule has 84 valence electrons. The summed E-state index contributed by atoms with van der Waals surface area (Å²) in [6.45, 7) is 6.35. The van der Waals surface area contributed by atoms with Crippen molar-refractivity contribution in [2.45, 2.75) is 32.1 Å². The highest BCUT2D eigenvalue weighted by atomic mass is 79.9. The summed E-state index contributed by atoms with van der Waals surface area (Å²) in [6, 6.07) is 0. The predicted molar refractivity (Wildman–Crippen MR) is 66.2 cm³/mol. The minimum absolute atomic E-state index is 1.14. The topological polar surface area (TPSA) is 15.3 Å². The first-order valence-corrected chi connectivity index (χ1v) is 7.04. The maximum Gasteiger partial charge on any atom is 0.00317 e. The second-order valence-corrected chi connectivity index (χ2v) is 4.84. The van der Waals surface area contributed by atoms with Crippen LogP contribution in [0, 0.1) is 0 Å². The standard InChI is InChI=1S/C11H23BrN2/c12-6-1-2-7-13-8-5-11-14-9-3-4-10-14/h13H,1-11H2. The molecule has 1 rings (SSSR count). The van der Waals surface area contributed by atoms with Crippen LogP contribution in [0.1, 0.15) is 32.1 Å². The molecule has 3 heteroatoms. The highest BCUT2D eigenvalue weighted by molar-refractivity contribution is 9.09. The van der Waals surface area contributed by atoms with Crippen molar-refractivity contribution in [3.8, 4) is 0 Å². The molecule has 1 heterocycles. The lowest BCUT2D eigenvalue weighted by Crippen LogP contribution is -2.25. The van der Waals surface area contributed by atoms with E-state index in [0.29, 0.717) is 0 Å². The largest absolute Gasteiger partial charge is 0.317 e. The summed E-state index contributed by atoms with van der Waals surface area (Å²) in [5, 5.41) is 4.64. The fourth-order valence-electron chi connectivity index (χ4n) is 1.90. The fraction of sp³-hybridized carbons (Fsp3) is 1.00. The van der Waals surface area contributed by atoms with Crippen LogP contribution >= 0.6 is 15.9 Å². The van der Waals surface area contributed by atoms with E-state index in [2.05, 4.69) is 26.1 Å². The van der Waals surface area contributed by atoms with Crippen LogP contribution in [-0.2, 0) is 0 Å². The average Bonchev–Trinajstić information content (AvgIpc) is 2.69. The molecule has 14 heavy (non-hydrogen) atoms. The van der Waals surface area contributed by atoms with Gasteiger partial charge in [0.15, 0.2) is 0 Å². The van der Waals surface area contributed by atoms with Crippen LogP contribution < -0.4 is 5.32 Å². The average molecular weight is 263 g/mol. The predicted octanol–water partition coefficient (Wildman–Crippen LogP) is 2.24. The summed E-state index contributed by atoms with van der Waals surface area (Å²) in [7, 11) is 0. The smallest absolute Gasteiger partial charge is 0.00317 e. The van der Waals surface area contributed by atoms with Crippen molar-refractivity contribution in [1.82, 2.24) is 10.2 Å². The number of hydrogen-bond acceptors (Lipinski definition) is 2. The number of nitrogens with zero attached hydrogens (tertiary/aromatic N) is 1. The Balaban J connectivity index is 1.75. The second kappa shape index (κ2) is 8.69. The Morgan fingerprint density at radius 1 is 1.00 bits per heavy atom. The van der Waals surface area contributed by atoms with Gasteiger partial charge in [-0.2, -0.15) is 0 Å². The molecule has 1 N–H and O–H groups in total. The molecule has 0 aromatic carbocycles. The normalized spacial score (nSPS) is 17.8. The van der Waals surface area contributed by atoms with Crippen molar-refractivity contribution < 1.29 is 0 Å². The molecule has 0 amide bonds. The van der Waals surface area contributed by atoms with Crippen LogP contribution in [0.3, 0.4) is 0 Å². The highest BCUT2D eigenvalue weighted by Crippen LogP contribution is 2.06. The number of alkyl halides is 1. The van der Waals surface area contributed by atoms with E-state index < -0.39 is 0 Å². The first kappa shape index (κ1) is 12.5. The summed E-state index contributed by atoms with van der Waals surface area (Å²) >= 11 is 3.44. The lowest BCUT2D eigenvalue weighted by molar-refractivity contribution is 0.331. The van der Waals surface area contributed by atoms with E-state index in [0.717, 1.165) is 5.33 Å². The molecule has 0 unspecified atom stereocenters. The van der Waals surface area contributed by atoms with E-state index in [9.17, 15) is 0 Å². The zero-order valence-electron chi connectivity index (χ0n) is 9.10. The quantitative estimate of drug-likeness (QED) is 0.533. The lowest BCUT2D eigenvalue weighted by Gasteiger charge is -2.14. The number of unbranched alkanes of at least 4 members (excludes halogenated alkanes) is 1. The van der Waals surface area contributed by atoms with E-state index in [1.165, 1.54) is 64.8 Å². The summed E-state index contributed by atoms with van der Waals surface area (Å²) in [4.78, 5) is 2.58. The van der Waals surface area contributed by atoms with Gasteiger partial charge in [0.1, 0.15) is 0 Å². The molecular formula is C11H23BrN2. The van der Waals surface area contributed by atoms with Gasteiger partial charge in [-0.3, -0.25) is 0 Å². The molecule has 0 aromatic rings. The Bertz CT molecular complexity index is 124. The van der Waals surface area contributed by atoms with Crippen LogP contribution in [0.2, 0.25) is 0 Å². The third kappa shape index (κ3) is 5.99.